The summed E-state index contributed by atoms with van der Waals surface area (Å²) in [4.78, 5) is 11.0. The summed E-state index contributed by atoms with van der Waals surface area (Å²) in [5.74, 6) is 0.727. The summed E-state index contributed by atoms with van der Waals surface area (Å²) in [6.07, 6.45) is 4.63. The summed E-state index contributed by atoms with van der Waals surface area (Å²) in [5.41, 5.74) is 0.179. The Morgan fingerprint density at radius 3 is 2.75 bits per heavy atom. The third kappa shape index (κ3) is 3.45. The molecule has 1 aromatic carbocycles. The molecule has 4 nitrogen and oxygen atoms in total. The molecule has 0 aliphatic heterocycles. The normalized spacial score (nSPS) is 22.4. The lowest BCUT2D eigenvalue weighted by Crippen LogP contribution is -2.24. The van der Waals surface area contributed by atoms with Crippen molar-refractivity contribution in [2.24, 2.45) is 5.92 Å². The maximum Gasteiger partial charge on any atom is 0.335 e. The largest absolute Gasteiger partial charge is 0.493 e. The molecule has 2 unspecified atom stereocenters. The number of aromatic carboxylic acids is 1. The van der Waals surface area contributed by atoms with Crippen molar-refractivity contribution in [1.82, 2.24) is 0 Å². The van der Waals surface area contributed by atoms with Gasteiger partial charge in [0.1, 0.15) is 0 Å². The van der Waals surface area contributed by atoms with Gasteiger partial charge in [-0.25, -0.2) is 4.79 Å². The number of halogens is 1. The lowest BCUT2D eigenvalue weighted by molar-refractivity contribution is 0.0696. The molecule has 2 atom stereocenters. The van der Waals surface area contributed by atoms with Gasteiger partial charge in [0.15, 0.2) is 11.5 Å². The highest BCUT2D eigenvalue weighted by molar-refractivity contribution is 9.10. The SMILES string of the molecule is COc1cc(C(=O)O)cc(Br)c1OC1CCCC(C)C1. The van der Waals surface area contributed by atoms with Crippen LogP contribution in [0.15, 0.2) is 16.6 Å². The van der Waals surface area contributed by atoms with E-state index in [4.69, 9.17) is 14.6 Å². The molecule has 2 rings (SSSR count). The molecule has 0 bridgehead atoms. The van der Waals surface area contributed by atoms with E-state index < -0.39 is 5.97 Å². The first-order valence-corrected chi connectivity index (χ1v) is 7.58. The van der Waals surface area contributed by atoms with Crippen LogP contribution in [0.3, 0.4) is 0 Å². The fourth-order valence-electron chi connectivity index (χ4n) is 2.61. The predicted octanol–water partition coefficient (Wildman–Crippen LogP) is 4.11. The summed E-state index contributed by atoms with van der Waals surface area (Å²) >= 11 is 3.38. The van der Waals surface area contributed by atoms with Crippen LogP contribution in [0.1, 0.15) is 43.0 Å². The zero-order chi connectivity index (χ0) is 14.7. The van der Waals surface area contributed by atoms with Crippen molar-refractivity contribution in [1.29, 1.82) is 0 Å². The monoisotopic (exact) mass is 342 g/mol. The molecule has 0 heterocycles. The molecule has 0 aromatic heterocycles. The van der Waals surface area contributed by atoms with Gasteiger partial charge in [0, 0.05) is 0 Å². The second kappa shape index (κ2) is 6.48. The van der Waals surface area contributed by atoms with E-state index in [2.05, 4.69) is 22.9 Å². The van der Waals surface area contributed by atoms with Gasteiger partial charge in [0.2, 0.25) is 0 Å². The molecule has 20 heavy (non-hydrogen) atoms. The van der Waals surface area contributed by atoms with Gasteiger partial charge in [-0.05, 0) is 53.2 Å². The Morgan fingerprint density at radius 2 is 2.15 bits per heavy atom. The average Bonchev–Trinajstić information content (AvgIpc) is 2.40. The number of carboxylic acid groups (broad SMARTS) is 1. The van der Waals surface area contributed by atoms with E-state index >= 15 is 0 Å². The maximum absolute atomic E-state index is 11.0. The summed E-state index contributed by atoms with van der Waals surface area (Å²) in [7, 11) is 1.52. The summed E-state index contributed by atoms with van der Waals surface area (Å²) in [5, 5.41) is 9.06. The van der Waals surface area contributed by atoms with E-state index in [-0.39, 0.29) is 11.7 Å². The molecule has 1 aromatic rings. The first-order chi connectivity index (χ1) is 9.51. The number of carboxylic acids is 1. The van der Waals surface area contributed by atoms with E-state index in [0.29, 0.717) is 21.9 Å². The van der Waals surface area contributed by atoms with Crippen LogP contribution in [0.5, 0.6) is 11.5 Å². The molecule has 0 saturated heterocycles. The molecular formula is C15H19BrO4. The van der Waals surface area contributed by atoms with E-state index in [1.165, 1.54) is 26.0 Å². The summed E-state index contributed by atoms with van der Waals surface area (Å²) in [6.45, 7) is 2.23. The molecule has 5 heteroatoms. The molecule has 0 spiro atoms. The van der Waals surface area contributed by atoms with Crippen molar-refractivity contribution < 1.29 is 19.4 Å². The Hall–Kier alpha value is -1.23. The zero-order valence-corrected chi connectivity index (χ0v) is 13.3. The van der Waals surface area contributed by atoms with E-state index in [1.807, 2.05) is 0 Å². The Bertz CT molecular complexity index is 501. The van der Waals surface area contributed by atoms with Crippen LogP contribution >= 0.6 is 15.9 Å². The number of rotatable bonds is 4. The molecule has 1 N–H and O–H groups in total. The van der Waals surface area contributed by atoms with Gasteiger partial charge in [0.25, 0.3) is 0 Å². The number of methoxy groups -OCH3 is 1. The van der Waals surface area contributed by atoms with Crippen molar-refractivity contribution in [3.63, 3.8) is 0 Å². The number of carbonyl (C=O) groups is 1. The first kappa shape index (κ1) is 15.2. The topological polar surface area (TPSA) is 55.8 Å². The Kier molecular flexibility index (Phi) is 4.91. The van der Waals surface area contributed by atoms with Gasteiger partial charge < -0.3 is 14.6 Å². The average molecular weight is 343 g/mol. The number of hydrogen-bond acceptors (Lipinski definition) is 3. The highest BCUT2D eigenvalue weighted by Gasteiger charge is 2.23. The lowest BCUT2D eigenvalue weighted by atomic mass is 9.89. The molecule has 0 radical (unpaired) electrons. The van der Waals surface area contributed by atoms with Crippen molar-refractivity contribution in [3.8, 4) is 11.5 Å². The lowest BCUT2D eigenvalue weighted by Gasteiger charge is -2.28. The fraction of sp³-hybridized carbons (Fsp3) is 0.533. The van der Waals surface area contributed by atoms with Crippen LogP contribution in [0.4, 0.5) is 0 Å². The second-order valence-electron chi connectivity index (χ2n) is 5.31. The molecule has 110 valence electrons. The number of benzene rings is 1. The van der Waals surface area contributed by atoms with Crippen molar-refractivity contribution >= 4 is 21.9 Å². The smallest absolute Gasteiger partial charge is 0.335 e. The van der Waals surface area contributed by atoms with Crippen LogP contribution in [0.25, 0.3) is 0 Å². The van der Waals surface area contributed by atoms with Crippen LogP contribution < -0.4 is 9.47 Å². The molecule has 1 fully saturated rings. The quantitative estimate of drug-likeness (QED) is 0.894. The maximum atomic E-state index is 11.0. The van der Waals surface area contributed by atoms with Crippen LogP contribution in [-0.2, 0) is 0 Å². The standard InChI is InChI=1S/C15H19BrO4/c1-9-4-3-5-11(6-9)20-14-12(16)7-10(15(17)18)8-13(14)19-2/h7-9,11H,3-6H2,1-2H3,(H,17,18). The van der Waals surface area contributed by atoms with Crippen LogP contribution in [-0.4, -0.2) is 24.3 Å². The highest BCUT2D eigenvalue weighted by atomic mass is 79.9. The minimum Gasteiger partial charge on any atom is -0.493 e. The molecule has 1 aliphatic rings. The van der Waals surface area contributed by atoms with Crippen LogP contribution in [0.2, 0.25) is 0 Å². The minimum absolute atomic E-state index is 0.166. The molecule has 1 saturated carbocycles. The fourth-order valence-corrected chi connectivity index (χ4v) is 3.15. The van der Waals surface area contributed by atoms with Crippen molar-refractivity contribution in [2.75, 3.05) is 7.11 Å². The van der Waals surface area contributed by atoms with Crippen molar-refractivity contribution in [2.45, 2.75) is 38.7 Å². The van der Waals surface area contributed by atoms with Gasteiger partial charge >= 0.3 is 5.97 Å². The van der Waals surface area contributed by atoms with E-state index in [0.717, 1.165) is 12.8 Å². The first-order valence-electron chi connectivity index (χ1n) is 6.78. The van der Waals surface area contributed by atoms with E-state index in [1.54, 1.807) is 6.07 Å². The molecule has 0 amide bonds. The zero-order valence-electron chi connectivity index (χ0n) is 11.7. The molecular weight excluding hydrogens is 324 g/mol. The predicted molar refractivity (Wildman–Crippen MR) is 79.7 cm³/mol. The van der Waals surface area contributed by atoms with Crippen LogP contribution in [0, 0.1) is 5.92 Å². The third-order valence-electron chi connectivity index (χ3n) is 3.65. The Balaban J connectivity index is 2.24. The number of hydrogen-bond donors (Lipinski definition) is 1. The van der Waals surface area contributed by atoms with E-state index in [9.17, 15) is 4.79 Å². The minimum atomic E-state index is -0.984. The van der Waals surface area contributed by atoms with Gasteiger partial charge in [0.05, 0.1) is 23.2 Å². The summed E-state index contributed by atoms with van der Waals surface area (Å²) < 4.78 is 11.9. The van der Waals surface area contributed by atoms with Gasteiger partial charge in [-0.3, -0.25) is 0 Å². The van der Waals surface area contributed by atoms with Gasteiger partial charge in [-0.15, -0.1) is 0 Å². The summed E-state index contributed by atoms with van der Waals surface area (Å²) in [6, 6.07) is 3.04. The van der Waals surface area contributed by atoms with Gasteiger partial charge in [-0.1, -0.05) is 13.3 Å². The Morgan fingerprint density at radius 1 is 1.40 bits per heavy atom. The Labute approximate surface area is 127 Å². The van der Waals surface area contributed by atoms with Crippen molar-refractivity contribution in [3.05, 3.63) is 22.2 Å². The second-order valence-corrected chi connectivity index (χ2v) is 6.16. The third-order valence-corrected chi connectivity index (χ3v) is 4.24. The van der Waals surface area contributed by atoms with Gasteiger partial charge in [-0.2, -0.15) is 0 Å². The number of ether oxygens (including phenoxy) is 2. The highest BCUT2D eigenvalue weighted by Crippen LogP contribution is 2.39. The molecule has 1 aliphatic carbocycles.